The first-order chi connectivity index (χ1) is 11.8. The van der Waals surface area contributed by atoms with Crippen LogP contribution in [0.2, 0.25) is 5.02 Å². The molecule has 1 atom stereocenters. The van der Waals surface area contributed by atoms with E-state index in [4.69, 9.17) is 21.1 Å². The Morgan fingerprint density at radius 1 is 1.33 bits per heavy atom. The van der Waals surface area contributed by atoms with Crippen LogP contribution in [-0.4, -0.2) is 43.4 Å². The maximum absolute atomic E-state index is 6.32. The van der Waals surface area contributed by atoms with Crippen LogP contribution in [0.25, 0.3) is 0 Å². The predicted molar refractivity (Wildman–Crippen MR) is 94.6 cm³/mol. The number of aromatic nitrogens is 2. The molecule has 6 heteroatoms. The van der Waals surface area contributed by atoms with E-state index in [-0.39, 0.29) is 0 Å². The van der Waals surface area contributed by atoms with Crippen molar-refractivity contribution >= 4 is 17.4 Å². The number of rotatable bonds is 7. The molecule has 0 N–H and O–H groups in total. The third-order valence-electron chi connectivity index (χ3n) is 4.23. The minimum atomic E-state index is 0.358. The van der Waals surface area contributed by atoms with Crippen LogP contribution in [0.3, 0.4) is 0 Å². The van der Waals surface area contributed by atoms with Crippen molar-refractivity contribution < 1.29 is 9.47 Å². The molecule has 1 aromatic heterocycles. The van der Waals surface area contributed by atoms with Gasteiger partial charge in [-0.3, -0.25) is 0 Å². The van der Waals surface area contributed by atoms with Gasteiger partial charge in [0.15, 0.2) is 0 Å². The summed E-state index contributed by atoms with van der Waals surface area (Å²) < 4.78 is 10.7. The van der Waals surface area contributed by atoms with Gasteiger partial charge in [0, 0.05) is 43.8 Å². The van der Waals surface area contributed by atoms with E-state index in [1.165, 1.54) is 0 Å². The Labute approximate surface area is 147 Å². The lowest BCUT2D eigenvalue weighted by atomic mass is 10.0. The first-order valence-electron chi connectivity index (χ1n) is 8.15. The van der Waals surface area contributed by atoms with E-state index < -0.39 is 0 Å². The molecule has 1 saturated heterocycles. The largest absolute Gasteiger partial charge is 0.383 e. The fraction of sp³-hybridized carbons (Fsp3) is 0.444. The number of halogens is 1. The maximum atomic E-state index is 6.32. The van der Waals surface area contributed by atoms with Gasteiger partial charge in [-0.05, 0) is 18.1 Å². The zero-order valence-corrected chi connectivity index (χ0v) is 14.6. The molecule has 1 aliphatic heterocycles. The van der Waals surface area contributed by atoms with Crippen molar-refractivity contribution in [2.24, 2.45) is 0 Å². The Kier molecular flexibility index (Phi) is 6.01. The van der Waals surface area contributed by atoms with Crippen LogP contribution in [0.5, 0.6) is 0 Å². The minimum absolute atomic E-state index is 0.358. The van der Waals surface area contributed by atoms with Gasteiger partial charge >= 0.3 is 0 Å². The Bertz CT molecular complexity index is 662. The SMILES string of the molecule is COCCN(Cc1ccccc1Cl)c1cc([C@@H]2CCOC2)ncn1. The summed E-state index contributed by atoms with van der Waals surface area (Å²) in [5.74, 6) is 1.25. The average Bonchev–Trinajstić information content (AvgIpc) is 3.15. The first-order valence-corrected chi connectivity index (χ1v) is 8.52. The summed E-state index contributed by atoms with van der Waals surface area (Å²) in [6, 6.07) is 9.94. The molecule has 0 aliphatic carbocycles. The zero-order valence-electron chi connectivity index (χ0n) is 13.8. The van der Waals surface area contributed by atoms with Crippen LogP contribution in [0, 0.1) is 0 Å². The number of hydrogen-bond donors (Lipinski definition) is 0. The standard InChI is InChI=1S/C18H22ClN3O2/c1-23-9-7-22(11-14-4-2-3-5-16(14)19)18-10-17(20-13-21-18)15-6-8-24-12-15/h2-5,10,13,15H,6-9,11-12H2,1H3/t15-/m1/s1. The van der Waals surface area contributed by atoms with Crippen LogP contribution in [0.15, 0.2) is 36.7 Å². The Morgan fingerprint density at radius 3 is 2.96 bits per heavy atom. The Hall–Kier alpha value is -1.69. The van der Waals surface area contributed by atoms with Crippen molar-refractivity contribution in [3.63, 3.8) is 0 Å². The lowest BCUT2D eigenvalue weighted by Gasteiger charge is -2.24. The summed E-state index contributed by atoms with van der Waals surface area (Å²) in [4.78, 5) is 11.1. The molecule has 0 amide bonds. The fourth-order valence-electron chi connectivity index (χ4n) is 2.83. The second kappa shape index (κ2) is 8.42. The van der Waals surface area contributed by atoms with Gasteiger partial charge in [-0.1, -0.05) is 29.8 Å². The molecule has 128 valence electrons. The highest BCUT2D eigenvalue weighted by atomic mass is 35.5. The van der Waals surface area contributed by atoms with E-state index in [2.05, 4.69) is 20.9 Å². The number of benzene rings is 1. The van der Waals surface area contributed by atoms with Crippen LogP contribution < -0.4 is 4.90 Å². The number of nitrogens with zero attached hydrogens (tertiary/aromatic N) is 3. The van der Waals surface area contributed by atoms with E-state index in [0.717, 1.165) is 48.3 Å². The van der Waals surface area contributed by atoms with Gasteiger partial charge in [0.25, 0.3) is 0 Å². The third-order valence-corrected chi connectivity index (χ3v) is 4.60. The van der Waals surface area contributed by atoms with Gasteiger partial charge in [-0.2, -0.15) is 0 Å². The predicted octanol–water partition coefficient (Wildman–Crippen LogP) is 3.29. The number of anilines is 1. The second-order valence-electron chi connectivity index (χ2n) is 5.87. The molecule has 5 nitrogen and oxygen atoms in total. The van der Waals surface area contributed by atoms with Crippen LogP contribution >= 0.6 is 11.6 Å². The first kappa shape index (κ1) is 17.1. The van der Waals surface area contributed by atoms with Crippen molar-refractivity contribution in [1.29, 1.82) is 0 Å². The highest BCUT2D eigenvalue weighted by Gasteiger charge is 2.20. The summed E-state index contributed by atoms with van der Waals surface area (Å²) in [5.41, 5.74) is 2.11. The molecular weight excluding hydrogens is 326 g/mol. The smallest absolute Gasteiger partial charge is 0.132 e. The molecule has 1 fully saturated rings. The molecule has 1 aliphatic rings. The molecule has 2 aromatic rings. The van der Waals surface area contributed by atoms with Gasteiger partial charge in [0.05, 0.1) is 18.9 Å². The molecule has 2 heterocycles. The fourth-order valence-corrected chi connectivity index (χ4v) is 3.03. The number of ether oxygens (including phenoxy) is 2. The molecule has 24 heavy (non-hydrogen) atoms. The Balaban J connectivity index is 1.82. The number of hydrogen-bond acceptors (Lipinski definition) is 5. The lowest BCUT2D eigenvalue weighted by molar-refractivity contribution is 0.193. The number of methoxy groups -OCH3 is 1. The van der Waals surface area contributed by atoms with E-state index >= 15 is 0 Å². The van der Waals surface area contributed by atoms with E-state index in [1.807, 2.05) is 24.3 Å². The van der Waals surface area contributed by atoms with Gasteiger partial charge in [0.1, 0.15) is 12.1 Å². The van der Waals surface area contributed by atoms with Crippen molar-refractivity contribution in [1.82, 2.24) is 9.97 Å². The van der Waals surface area contributed by atoms with Gasteiger partial charge < -0.3 is 14.4 Å². The van der Waals surface area contributed by atoms with Gasteiger partial charge in [-0.15, -0.1) is 0 Å². The summed E-state index contributed by atoms with van der Waals surface area (Å²) in [5, 5.41) is 0.762. The minimum Gasteiger partial charge on any atom is -0.383 e. The summed E-state index contributed by atoms with van der Waals surface area (Å²) in [7, 11) is 1.70. The average molecular weight is 348 g/mol. The monoisotopic (exact) mass is 347 g/mol. The van der Waals surface area contributed by atoms with Crippen molar-refractivity contribution in [2.75, 3.05) is 38.4 Å². The van der Waals surface area contributed by atoms with E-state index in [0.29, 0.717) is 19.1 Å². The van der Waals surface area contributed by atoms with Gasteiger partial charge in [-0.25, -0.2) is 9.97 Å². The molecule has 3 rings (SSSR count). The molecule has 0 unspecified atom stereocenters. The molecule has 1 aromatic carbocycles. The molecule has 0 radical (unpaired) electrons. The van der Waals surface area contributed by atoms with Crippen molar-refractivity contribution in [3.8, 4) is 0 Å². The van der Waals surface area contributed by atoms with Crippen molar-refractivity contribution in [2.45, 2.75) is 18.9 Å². The summed E-state index contributed by atoms with van der Waals surface area (Å²) >= 11 is 6.32. The van der Waals surface area contributed by atoms with E-state index in [1.54, 1.807) is 13.4 Å². The zero-order chi connectivity index (χ0) is 16.8. The maximum Gasteiger partial charge on any atom is 0.132 e. The molecule has 0 saturated carbocycles. The van der Waals surface area contributed by atoms with Crippen LogP contribution in [0.4, 0.5) is 5.82 Å². The molecular formula is C18H22ClN3O2. The van der Waals surface area contributed by atoms with Crippen LogP contribution in [-0.2, 0) is 16.0 Å². The second-order valence-corrected chi connectivity index (χ2v) is 6.27. The normalized spacial score (nSPS) is 17.2. The summed E-state index contributed by atoms with van der Waals surface area (Å²) in [6.07, 6.45) is 2.65. The quantitative estimate of drug-likeness (QED) is 0.769. The van der Waals surface area contributed by atoms with Gasteiger partial charge in [0.2, 0.25) is 0 Å². The lowest BCUT2D eigenvalue weighted by Crippen LogP contribution is -2.28. The Morgan fingerprint density at radius 2 is 2.21 bits per heavy atom. The van der Waals surface area contributed by atoms with Crippen LogP contribution in [0.1, 0.15) is 23.6 Å². The third kappa shape index (κ3) is 4.23. The highest BCUT2D eigenvalue weighted by Crippen LogP contribution is 2.26. The van der Waals surface area contributed by atoms with E-state index in [9.17, 15) is 0 Å². The summed E-state index contributed by atoms with van der Waals surface area (Å²) in [6.45, 7) is 3.58. The molecule has 0 spiro atoms. The van der Waals surface area contributed by atoms with Crippen molar-refractivity contribution in [3.05, 3.63) is 52.9 Å². The molecule has 0 bridgehead atoms. The topological polar surface area (TPSA) is 47.5 Å². The highest BCUT2D eigenvalue weighted by molar-refractivity contribution is 6.31.